The van der Waals surface area contributed by atoms with Crippen molar-refractivity contribution in [3.8, 4) is 11.3 Å². The van der Waals surface area contributed by atoms with E-state index < -0.39 is 6.04 Å². The number of hydrogen-bond donors (Lipinski definition) is 2. The van der Waals surface area contributed by atoms with Gasteiger partial charge in [-0.15, -0.1) is 11.3 Å². The van der Waals surface area contributed by atoms with Crippen LogP contribution in [0.3, 0.4) is 0 Å². The van der Waals surface area contributed by atoms with E-state index in [0.29, 0.717) is 17.7 Å². The average Bonchev–Trinajstić information content (AvgIpc) is 3.20. The topological polar surface area (TPSA) is 85.1 Å². The van der Waals surface area contributed by atoms with Crippen LogP contribution in [0.25, 0.3) is 11.3 Å². The summed E-state index contributed by atoms with van der Waals surface area (Å²) in [5.41, 5.74) is 8.56. The second-order valence-corrected chi connectivity index (χ2v) is 8.46. The van der Waals surface area contributed by atoms with Gasteiger partial charge in [0.25, 0.3) is 5.91 Å². The number of aromatic nitrogens is 1. The number of para-hydroxylation sites is 1. The Bertz CT molecular complexity index is 973. The van der Waals surface area contributed by atoms with Crippen LogP contribution in [-0.4, -0.2) is 34.7 Å². The number of benzene rings is 2. The number of ketones is 1. The van der Waals surface area contributed by atoms with Gasteiger partial charge in [0.15, 0.2) is 5.78 Å². The van der Waals surface area contributed by atoms with Gasteiger partial charge in [-0.25, -0.2) is 4.98 Å². The van der Waals surface area contributed by atoms with Crippen LogP contribution in [0.5, 0.6) is 0 Å². The Morgan fingerprint density at radius 2 is 1.86 bits per heavy atom. The van der Waals surface area contributed by atoms with Gasteiger partial charge in [0.2, 0.25) is 0 Å². The lowest BCUT2D eigenvalue weighted by Crippen LogP contribution is -2.42. The fourth-order valence-corrected chi connectivity index (χ4v) is 4.18. The number of nitrogens with zero attached hydrogens (tertiary/aromatic N) is 1. The highest BCUT2D eigenvalue weighted by Gasteiger charge is 2.23. The highest BCUT2D eigenvalue weighted by atomic mass is 32.2. The van der Waals surface area contributed by atoms with E-state index >= 15 is 0 Å². The number of thioether (sulfide) groups is 1. The summed E-state index contributed by atoms with van der Waals surface area (Å²) in [5, 5.41) is 5.57. The summed E-state index contributed by atoms with van der Waals surface area (Å²) in [6.45, 7) is 0. The number of nitrogens with one attached hydrogen (secondary N) is 1. The largest absolute Gasteiger partial charge is 0.398 e. The van der Waals surface area contributed by atoms with Gasteiger partial charge >= 0.3 is 0 Å². The van der Waals surface area contributed by atoms with Crippen molar-refractivity contribution in [1.29, 1.82) is 0 Å². The summed E-state index contributed by atoms with van der Waals surface area (Å²) in [4.78, 5) is 30.1. The molecule has 0 spiro atoms. The van der Waals surface area contributed by atoms with Gasteiger partial charge in [-0.3, -0.25) is 9.59 Å². The van der Waals surface area contributed by atoms with E-state index in [2.05, 4.69) is 10.3 Å². The highest BCUT2D eigenvalue weighted by Crippen LogP contribution is 2.22. The molecule has 0 saturated heterocycles. The lowest BCUT2D eigenvalue weighted by molar-refractivity contribution is -0.120. The summed E-state index contributed by atoms with van der Waals surface area (Å²) < 4.78 is 0. The maximum Gasteiger partial charge on any atom is 0.253 e. The van der Waals surface area contributed by atoms with E-state index in [1.807, 2.05) is 42.0 Å². The van der Waals surface area contributed by atoms with Gasteiger partial charge in [-0.2, -0.15) is 11.8 Å². The maximum atomic E-state index is 12.9. The molecule has 2 aromatic carbocycles. The van der Waals surface area contributed by atoms with Crippen LogP contribution in [0.1, 0.15) is 21.8 Å². The number of carbonyl (C=O) groups excluding carboxylic acids is 2. The molecule has 1 amide bonds. The van der Waals surface area contributed by atoms with Gasteiger partial charge in [-0.1, -0.05) is 42.5 Å². The minimum absolute atomic E-state index is 0.0455. The van der Waals surface area contributed by atoms with Gasteiger partial charge in [0, 0.05) is 16.6 Å². The Morgan fingerprint density at radius 1 is 1.14 bits per heavy atom. The van der Waals surface area contributed by atoms with E-state index in [4.69, 9.17) is 5.73 Å². The molecule has 0 fully saturated rings. The fraction of sp³-hybridized carbons (Fsp3) is 0.227. The Morgan fingerprint density at radius 3 is 2.59 bits per heavy atom. The summed E-state index contributed by atoms with van der Waals surface area (Å²) in [5.74, 6) is 0.399. The van der Waals surface area contributed by atoms with Crippen molar-refractivity contribution in [2.45, 2.75) is 18.9 Å². The molecule has 0 bridgehead atoms. The maximum absolute atomic E-state index is 12.9. The first-order chi connectivity index (χ1) is 14.1. The predicted molar refractivity (Wildman–Crippen MR) is 121 cm³/mol. The fourth-order valence-electron chi connectivity index (χ4n) is 2.89. The number of anilines is 1. The van der Waals surface area contributed by atoms with E-state index in [-0.39, 0.29) is 18.1 Å². The zero-order chi connectivity index (χ0) is 20.6. The van der Waals surface area contributed by atoms with Gasteiger partial charge in [0.1, 0.15) is 5.01 Å². The van der Waals surface area contributed by atoms with E-state index in [1.54, 1.807) is 36.0 Å². The third kappa shape index (κ3) is 5.68. The summed E-state index contributed by atoms with van der Waals surface area (Å²) in [6, 6.07) is 16.2. The van der Waals surface area contributed by atoms with Crippen LogP contribution in [0, 0.1) is 0 Å². The Hall–Kier alpha value is -2.64. The third-order valence-corrected chi connectivity index (χ3v) is 5.95. The summed E-state index contributed by atoms with van der Waals surface area (Å²) in [7, 11) is 0. The minimum atomic E-state index is -0.571. The second kappa shape index (κ2) is 10.2. The van der Waals surface area contributed by atoms with Crippen LogP contribution >= 0.6 is 23.1 Å². The molecule has 0 radical (unpaired) electrons. The number of nitrogens with two attached hydrogens (primary N) is 1. The predicted octanol–water partition coefficient (Wildman–Crippen LogP) is 4.06. The molecule has 5 nitrogen and oxygen atoms in total. The van der Waals surface area contributed by atoms with E-state index in [9.17, 15) is 9.59 Å². The molecular formula is C22H23N3O2S2. The summed E-state index contributed by atoms with van der Waals surface area (Å²) >= 11 is 3.10. The molecular weight excluding hydrogens is 402 g/mol. The first-order valence-corrected chi connectivity index (χ1v) is 11.5. The third-order valence-electron chi connectivity index (χ3n) is 4.46. The monoisotopic (exact) mass is 425 g/mol. The van der Waals surface area contributed by atoms with Gasteiger partial charge in [-0.05, 0) is 30.6 Å². The van der Waals surface area contributed by atoms with Crippen LogP contribution in [0.2, 0.25) is 0 Å². The second-order valence-electron chi connectivity index (χ2n) is 6.53. The van der Waals surface area contributed by atoms with Crippen molar-refractivity contribution < 1.29 is 9.59 Å². The normalized spacial score (nSPS) is 11.8. The molecule has 0 aliphatic carbocycles. The molecule has 0 aliphatic rings. The van der Waals surface area contributed by atoms with Crippen molar-refractivity contribution in [2.75, 3.05) is 17.7 Å². The minimum Gasteiger partial charge on any atom is -0.398 e. The van der Waals surface area contributed by atoms with Crippen molar-refractivity contribution in [1.82, 2.24) is 10.3 Å². The molecule has 0 saturated carbocycles. The number of nitrogen functional groups attached to an aromatic ring is 1. The molecule has 7 heteroatoms. The zero-order valence-corrected chi connectivity index (χ0v) is 17.8. The van der Waals surface area contributed by atoms with Crippen molar-refractivity contribution >= 4 is 40.5 Å². The molecule has 29 heavy (non-hydrogen) atoms. The molecule has 1 atom stereocenters. The standard InChI is InChI=1S/C22H23N3O2S2/c1-28-12-11-18(25-22(27)16-9-5-6-10-17(16)23)20(26)13-21-24-19(14-29-21)15-7-3-2-4-8-15/h2-10,14,18H,11-13,23H2,1H3,(H,25,27)/t18-/m0/s1. The Balaban J connectivity index is 1.70. The SMILES string of the molecule is CSCC[C@H](NC(=O)c1ccccc1N)C(=O)Cc1nc(-c2ccccc2)cs1. The smallest absolute Gasteiger partial charge is 0.253 e. The molecule has 0 unspecified atom stereocenters. The molecule has 3 N–H and O–H groups in total. The van der Waals surface area contributed by atoms with E-state index in [0.717, 1.165) is 22.0 Å². The van der Waals surface area contributed by atoms with Crippen molar-refractivity contribution in [3.05, 3.63) is 70.5 Å². The van der Waals surface area contributed by atoms with Crippen molar-refractivity contribution in [2.24, 2.45) is 0 Å². The van der Waals surface area contributed by atoms with Gasteiger partial charge in [0.05, 0.1) is 23.7 Å². The molecule has 1 aromatic heterocycles. The van der Waals surface area contributed by atoms with Crippen molar-refractivity contribution in [3.63, 3.8) is 0 Å². The first-order valence-electron chi connectivity index (χ1n) is 9.25. The number of rotatable bonds is 9. The quantitative estimate of drug-likeness (QED) is 0.505. The number of thiazole rings is 1. The Kier molecular flexibility index (Phi) is 7.43. The number of hydrogen-bond acceptors (Lipinski definition) is 6. The first kappa shape index (κ1) is 21.1. The van der Waals surface area contributed by atoms with Crippen LogP contribution in [-0.2, 0) is 11.2 Å². The van der Waals surface area contributed by atoms with E-state index in [1.165, 1.54) is 11.3 Å². The van der Waals surface area contributed by atoms with Crippen LogP contribution < -0.4 is 11.1 Å². The Labute approximate surface area is 178 Å². The lowest BCUT2D eigenvalue weighted by Gasteiger charge is -2.17. The molecule has 150 valence electrons. The summed E-state index contributed by atoms with van der Waals surface area (Å²) in [6.07, 6.45) is 2.74. The zero-order valence-electron chi connectivity index (χ0n) is 16.1. The molecule has 0 aliphatic heterocycles. The number of amides is 1. The van der Waals surface area contributed by atoms with Crippen LogP contribution in [0.4, 0.5) is 5.69 Å². The number of carbonyl (C=O) groups is 2. The van der Waals surface area contributed by atoms with Gasteiger partial charge < -0.3 is 11.1 Å². The molecule has 1 heterocycles. The highest BCUT2D eigenvalue weighted by molar-refractivity contribution is 7.98. The number of Topliss-reactive ketones (excluding diaryl/α,β-unsaturated/α-hetero) is 1. The van der Waals surface area contributed by atoms with Crippen LogP contribution in [0.15, 0.2) is 60.0 Å². The molecule has 3 rings (SSSR count). The molecule has 3 aromatic rings. The average molecular weight is 426 g/mol. The lowest BCUT2D eigenvalue weighted by atomic mass is 10.1.